The molecule has 0 aliphatic carbocycles. The summed E-state index contributed by atoms with van der Waals surface area (Å²) in [5, 5.41) is 0. The summed E-state index contributed by atoms with van der Waals surface area (Å²) in [6.07, 6.45) is 15.2. The van der Waals surface area contributed by atoms with Crippen LogP contribution in [0.15, 0.2) is 42.0 Å². The molecule has 3 unspecified atom stereocenters. The van der Waals surface area contributed by atoms with Crippen molar-refractivity contribution in [1.82, 2.24) is 4.72 Å². The molecule has 1 aromatic carbocycles. The van der Waals surface area contributed by atoms with Crippen LogP contribution in [0.5, 0.6) is 0 Å². The molecule has 222 valence electrons. The minimum atomic E-state index is -3.73. The van der Waals surface area contributed by atoms with E-state index in [1.165, 1.54) is 73.6 Å². The number of sulfonamides is 1. The first-order valence-corrected chi connectivity index (χ1v) is 17.5. The number of nitrogens with zero attached hydrogens (tertiary/aromatic N) is 1. The molecule has 0 saturated carbocycles. The van der Waals surface area contributed by atoms with Crippen LogP contribution in [0.3, 0.4) is 0 Å². The highest BCUT2D eigenvalue weighted by Crippen LogP contribution is 2.23. The number of nitrogens with one attached hydrogen (secondary N) is 1. The van der Waals surface area contributed by atoms with Gasteiger partial charge in [0.1, 0.15) is 6.04 Å². The van der Waals surface area contributed by atoms with Crippen molar-refractivity contribution >= 4 is 39.8 Å². The molecule has 3 atom stereocenters. The zero-order valence-corrected chi connectivity index (χ0v) is 26.7. The predicted octanol–water partition coefficient (Wildman–Crippen LogP) is 7.21. The molecule has 0 bridgehead atoms. The van der Waals surface area contributed by atoms with Crippen molar-refractivity contribution in [3.63, 3.8) is 0 Å². The number of carbonyl (C=O) groups excluding carboxylic acids is 2. The fraction of sp³-hybridized carbons (Fsp3) is 0.677. The summed E-state index contributed by atoms with van der Waals surface area (Å²) in [6, 6.07) is 7.87. The zero-order valence-electron chi connectivity index (χ0n) is 25.0. The molecule has 2 amide bonds. The van der Waals surface area contributed by atoms with Crippen molar-refractivity contribution in [2.24, 2.45) is 17.8 Å². The van der Waals surface area contributed by atoms with Crippen LogP contribution in [0.2, 0.25) is 0 Å². The summed E-state index contributed by atoms with van der Waals surface area (Å²) in [7, 11) is -3.73. The van der Waals surface area contributed by atoms with E-state index < -0.39 is 22.0 Å². The number of hydrogen-bond donors (Lipinski definition) is 1. The second-order valence-corrected chi connectivity index (χ2v) is 14.4. The molecule has 0 aliphatic rings. The van der Waals surface area contributed by atoms with Crippen LogP contribution >= 0.6 is 11.8 Å². The molecule has 1 aromatic rings. The fourth-order valence-electron chi connectivity index (χ4n) is 4.64. The highest BCUT2D eigenvalue weighted by molar-refractivity contribution is 7.99. The van der Waals surface area contributed by atoms with E-state index in [0.717, 1.165) is 30.4 Å². The highest BCUT2D eigenvalue weighted by atomic mass is 32.2. The van der Waals surface area contributed by atoms with Gasteiger partial charge in [0.15, 0.2) is 0 Å². The van der Waals surface area contributed by atoms with Crippen molar-refractivity contribution in [2.75, 3.05) is 22.7 Å². The summed E-state index contributed by atoms with van der Waals surface area (Å²) in [6.45, 7) is 11.5. The summed E-state index contributed by atoms with van der Waals surface area (Å²) in [5.41, 5.74) is 1.86. The number of rotatable bonds is 21. The Morgan fingerprint density at radius 1 is 0.949 bits per heavy atom. The highest BCUT2D eigenvalue weighted by Gasteiger charge is 2.28. The number of allylic oxidation sites excluding steroid dienone is 1. The third-order valence-electron chi connectivity index (χ3n) is 7.06. The second kappa shape index (κ2) is 19.3. The summed E-state index contributed by atoms with van der Waals surface area (Å²) in [4.78, 5) is 25.9. The van der Waals surface area contributed by atoms with E-state index in [9.17, 15) is 18.0 Å². The quantitative estimate of drug-likeness (QED) is 0.0943. The van der Waals surface area contributed by atoms with Crippen LogP contribution in [0, 0.1) is 17.8 Å². The van der Waals surface area contributed by atoms with Gasteiger partial charge in [-0.15, -0.1) is 0 Å². The van der Waals surface area contributed by atoms with Gasteiger partial charge >= 0.3 is 0 Å². The van der Waals surface area contributed by atoms with Crippen molar-refractivity contribution in [3.05, 3.63) is 42.0 Å². The van der Waals surface area contributed by atoms with E-state index in [1.807, 2.05) is 10.8 Å². The predicted molar refractivity (Wildman–Crippen MR) is 168 cm³/mol. The molecule has 0 aliphatic heterocycles. The van der Waals surface area contributed by atoms with Crippen molar-refractivity contribution in [3.8, 4) is 0 Å². The molecule has 8 heteroatoms. The standard InChI is InChI=1S/C31H52N2O4S2/c1-25(2)13-10-14-26(3)15-11-16-27(4)17-12-18-28(5)21-22-38-23-30(31(35)32-39(6,36)37)33(24-34)29-19-8-7-9-20-29/h7-9,19-21,24-27,30H,10-18,22-23H2,1-6H3,(H,32,35)/b28-21+. The monoisotopic (exact) mass is 580 g/mol. The number of para-hydroxylation sites is 1. The fourth-order valence-corrected chi connectivity index (χ4v) is 6.21. The average Bonchev–Trinajstić information content (AvgIpc) is 2.85. The Hall–Kier alpha value is -1.80. The Labute approximate surface area is 242 Å². The largest absolute Gasteiger partial charge is 0.302 e. The smallest absolute Gasteiger partial charge is 0.257 e. The van der Waals surface area contributed by atoms with Gasteiger partial charge in [0.2, 0.25) is 16.4 Å². The molecule has 1 rings (SSSR count). The molecular weight excluding hydrogens is 528 g/mol. The lowest BCUT2D eigenvalue weighted by Gasteiger charge is -2.27. The maximum atomic E-state index is 12.7. The Bertz CT molecular complexity index is 964. The maximum absolute atomic E-state index is 12.7. The van der Waals surface area contributed by atoms with Crippen LogP contribution in [-0.4, -0.2) is 44.5 Å². The lowest BCUT2D eigenvalue weighted by atomic mass is 9.91. The molecular formula is C31H52N2O4S2. The molecule has 39 heavy (non-hydrogen) atoms. The minimum Gasteiger partial charge on any atom is -0.302 e. The van der Waals surface area contributed by atoms with E-state index >= 15 is 0 Å². The molecule has 0 radical (unpaired) electrons. The van der Waals surface area contributed by atoms with E-state index in [4.69, 9.17) is 0 Å². The zero-order chi connectivity index (χ0) is 29.3. The van der Waals surface area contributed by atoms with Gasteiger partial charge in [0.25, 0.3) is 5.91 Å². The lowest BCUT2D eigenvalue weighted by Crippen LogP contribution is -2.49. The van der Waals surface area contributed by atoms with Gasteiger partial charge in [-0.25, -0.2) is 8.42 Å². The van der Waals surface area contributed by atoms with E-state index in [2.05, 4.69) is 40.7 Å². The number of amides is 2. The van der Waals surface area contributed by atoms with E-state index in [0.29, 0.717) is 17.9 Å². The van der Waals surface area contributed by atoms with Gasteiger partial charge in [0, 0.05) is 17.2 Å². The molecule has 0 heterocycles. The molecule has 6 nitrogen and oxygen atoms in total. The first-order chi connectivity index (χ1) is 18.4. The summed E-state index contributed by atoms with van der Waals surface area (Å²) < 4.78 is 25.3. The van der Waals surface area contributed by atoms with E-state index in [1.54, 1.807) is 24.3 Å². The molecule has 0 saturated heterocycles. The third-order valence-corrected chi connectivity index (χ3v) is 8.58. The van der Waals surface area contributed by atoms with Gasteiger partial charge in [0.05, 0.1) is 6.26 Å². The first-order valence-electron chi connectivity index (χ1n) is 14.5. The molecule has 0 spiro atoms. The Morgan fingerprint density at radius 3 is 2.05 bits per heavy atom. The van der Waals surface area contributed by atoms with Crippen LogP contribution in [0.1, 0.15) is 92.4 Å². The normalized spacial score (nSPS) is 14.6. The topological polar surface area (TPSA) is 83.6 Å². The molecule has 1 N–H and O–H groups in total. The van der Waals surface area contributed by atoms with Crippen molar-refractivity contribution < 1.29 is 18.0 Å². The Balaban J connectivity index is 2.45. The first kappa shape index (κ1) is 35.2. The lowest BCUT2D eigenvalue weighted by molar-refractivity contribution is -0.121. The van der Waals surface area contributed by atoms with E-state index in [-0.39, 0.29) is 5.75 Å². The van der Waals surface area contributed by atoms with Crippen molar-refractivity contribution in [2.45, 2.75) is 98.4 Å². The number of anilines is 1. The van der Waals surface area contributed by atoms with Gasteiger partial charge < -0.3 is 4.90 Å². The molecule has 0 fully saturated rings. The van der Waals surface area contributed by atoms with Crippen LogP contribution in [0.25, 0.3) is 0 Å². The van der Waals surface area contributed by atoms with Gasteiger partial charge in [-0.1, -0.05) is 102 Å². The Kier molecular flexibility index (Phi) is 17.4. The minimum absolute atomic E-state index is 0.283. The van der Waals surface area contributed by atoms with Crippen molar-refractivity contribution in [1.29, 1.82) is 0 Å². The van der Waals surface area contributed by atoms with Gasteiger partial charge in [-0.05, 0) is 49.7 Å². The van der Waals surface area contributed by atoms with Crippen LogP contribution < -0.4 is 9.62 Å². The number of carbonyl (C=O) groups is 2. The number of benzene rings is 1. The molecule has 0 aromatic heterocycles. The number of hydrogen-bond acceptors (Lipinski definition) is 5. The summed E-state index contributed by atoms with van der Waals surface area (Å²) >= 11 is 1.51. The summed E-state index contributed by atoms with van der Waals surface area (Å²) in [5.74, 6) is 2.66. The average molecular weight is 581 g/mol. The van der Waals surface area contributed by atoms with Gasteiger partial charge in [-0.3, -0.25) is 14.3 Å². The number of thioether (sulfide) groups is 1. The Morgan fingerprint density at radius 2 is 1.51 bits per heavy atom. The maximum Gasteiger partial charge on any atom is 0.257 e. The second-order valence-electron chi connectivity index (χ2n) is 11.5. The van der Waals surface area contributed by atoms with Crippen LogP contribution in [0.4, 0.5) is 5.69 Å². The SMILES string of the molecule is C/C(=C\CSCC(C(=O)NS(C)(=O)=O)N(C=O)c1ccccc1)CCCC(C)CCCC(C)CCCC(C)C. The van der Waals surface area contributed by atoms with Gasteiger partial charge in [-0.2, -0.15) is 11.8 Å². The third kappa shape index (κ3) is 16.8. The van der Waals surface area contributed by atoms with Crippen LogP contribution in [-0.2, 0) is 19.6 Å².